The van der Waals surface area contributed by atoms with Crippen LogP contribution in [0.25, 0.3) is 0 Å². The van der Waals surface area contributed by atoms with E-state index in [0.29, 0.717) is 17.2 Å². The minimum Gasteiger partial charge on any atom is -0.461 e. The normalized spacial score (nSPS) is 20.5. The second kappa shape index (κ2) is 8.77. The molecule has 1 fully saturated rings. The number of ether oxygens (including phenoxy) is 1. The molecule has 2 rings (SSSR count). The van der Waals surface area contributed by atoms with Gasteiger partial charge in [-0.25, -0.2) is 4.79 Å². The summed E-state index contributed by atoms with van der Waals surface area (Å²) in [5, 5.41) is 0.431. The Hall–Kier alpha value is -1.20. The average Bonchev–Trinajstić information content (AvgIpc) is 2.97. The molecule has 24 heavy (non-hydrogen) atoms. The van der Waals surface area contributed by atoms with Gasteiger partial charge in [0.1, 0.15) is 11.4 Å². The number of unbranched alkanes of at least 4 members (excludes halogenated alkanes) is 1. The second-order valence-corrected chi connectivity index (χ2v) is 7.70. The summed E-state index contributed by atoms with van der Waals surface area (Å²) in [5.74, 6) is 0.213. The summed E-state index contributed by atoms with van der Waals surface area (Å²) in [5.41, 5.74) is 0.942. The van der Waals surface area contributed by atoms with Gasteiger partial charge in [0.25, 0.3) is 0 Å². The van der Waals surface area contributed by atoms with Crippen LogP contribution in [0.4, 0.5) is 0 Å². The van der Waals surface area contributed by atoms with Gasteiger partial charge < -0.3 is 9.64 Å². The highest BCUT2D eigenvalue weighted by atomic mass is 35.5. The lowest BCUT2D eigenvalue weighted by Gasteiger charge is -2.29. The number of carbonyl (C=O) groups excluding carboxylic acids is 2. The van der Waals surface area contributed by atoms with Gasteiger partial charge >= 0.3 is 5.97 Å². The van der Waals surface area contributed by atoms with Crippen molar-refractivity contribution < 1.29 is 14.3 Å². The van der Waals surface area contributed by atoms with E-state index < -0.39 is 6.04 Å². The lowest BCUT2D eigenvalue weighted by Crippen LogP contribution is -2.44. The number of hydrogen-bond donors (Lipinski definition) is 0. The predicted molar refractivity (Wildman–Crippen MR) is 98.0 cm³/mol. The Morgan fingerprint density at radius 1 is 1.42 bits per heavy atom. The Bertz CT molecular complexity index is 593. The Morgan fingerprint density at radius 2 is 2.17 bits per heavy atom. The van der Waals surface area contributed by atoms with Crippen LogP contribution in [0, 0.1) is 0 Å². The van der Waals surface area contributed by atoms with Crippen LogP contribution in [-0.4, -0.2) is 34.7 Å². The second-order valence-electron chi connectivity index (χ2n) is 6.15. The van der Waals surface area contributed by atoms with E-state index >= 15 is 0 Å². The first-order chi connectivity index (χ1) is 11.4. The van der Waals surface area contributed by atoms with Gasteiger partial charge in [0, 0.05) is 17.2 Å². The molecule has 0 N–H and O–H groups in total. The summed E-state index contributed by atoms with van der Waals surface area (Å²) < 4.78 is 5.35. The van der Waals surface area contributed by atoms with Crippen molar-refractivity contribution in [2.45, 2.75) is 57.6 Å². The first-order valence-corrected chi connectivity index (χ1v) is 9.75. The molecule has 1 aromatic rings. The summed E-state index contributed by atoms with van der Waals surface area (Å²) in [6.45, 7) is 5.68. The van der Waals surface area contributed by atoms with Crippen LogP contribution in [0.15, 0.2) is 24.3 Å². The Balaban J connectivity index is 2.26. The van der Waals surface area contributed by atoms with Gasteiger partial charge in [-0.1, -0.05) is 37.1 Å². The smallest absolute Gasteiger partial charge is 0.330 e. The number of nitrogens with zero attached hydrogens (tertiary/aromatic N) is 1. The van der Waals surface area contributed by atoms with Crippen molar-refractivity contribution in [1.82, 2.24) is 4.90 Å². The number of rotatable bonds is 6. The molecule has 1 aromatic carbocycles. The Labute approximate surface area is 152 Å². The molecule has 1 aliphatic heterocycles. The maximum Gasteiger partial charge on any atom is 0.330 e. The quantitative estimate of drug-likeness (QED) is 0.696. The van der Waals surface area contributed by atoms with Crippen LogP contribution in [0.1, 0.15) is 51.0 Å². The van der Waals surface area contributed by atoms with Crippen molar-refractivity contribution in [3.8, 4) is 0 Å². The minimum atomic E-state index is -0.536. The summed E-state index contributed by atoms with van der Waals surface area (Å²) in [4.78, 5) is 26.9. The molecule has 4 nitrogen and oxygen atoms in total. The number of amides is 1. The molecule has 2 unspecified atom stereocenters. The predicted octanol–water partition coefficient (Wildman–Crippen LogP) is 4.42. The molecular formula is C18H24ClNO3S. The molecule has 132 valence electrons. The summed E-state index contributed by atoms with van der Waals surface area (Å²) in [7, 11) is 0. The van der Waals surface area contributed by atoms with Crippen LogP contribution in [0.2, 0.25) is 5.02 Å². The molecule has 1 saturated heterocycles. The molecule has 1 amide bonds. The molecule has 1 heterocycles. The Kier molecular flexibility index (Phi) is 6.99. The molecule has 0 aliphatic carbocycles. The van der Waals surface area contributed by atoms with Crippen molar-refractivity contribution in [2.24, 2.45) is 0 Å². The zero-order valence-corrected chi connectivity index (χ0v) is 15.9. The van der Waals surface area contributed by atoms with E-state index in [9.17, 15) is 9.59 Å². The Morgan fingerprint density at radius 3 is 2.79 bits per heavy atom. The van der Waals surface area contributed by atoms with E-state index in [1.807, 2.05) is 39.0 Å². The van der Waals surface area contributed by atoms with E-state index in [-0.39, 0.29) is 23.4 Å². The molecule has 0 aromatic heterocycles. The number of halogens is 1. The number of benzene rings is 1. The molecule has 6 heteroatoms. The fourth-order valence-electron chi connectivity index (χ4n) is 2.68. The largest absolute Gasteiger partial charge is 0.461 e. The lowest BCUT2D eigenvalue weighted by atomic mass is 10.1. The number of thioether (sulfide) groups is 1. The molecule has 1 aliphatic rings. The summed E-state index contributed by atoms with van der Waals surface area (Å²) in [6, 6.07) is 6.94. The van der Waals surface area contributed by atoms with Crippen LogP contribution in [0.3, 0.4) is 0 Å². The number of esters is 1. The first-order valence-electron chi connectivity index (χ1n) is 8.32. The molecule has 0 radical (unpaired) electrons. The van der Waals surface area contributed by atoms with Crippen molar-refractivity contribution in [3.63, 3.8) is 0 Å². The highest BCUT2D eigenvalue weighted by molar-refractivity contribution is 7.99. The third-order valence-electron chi connectivity index (χ3n) is 3.79. The zero-order valence-electron chi connectivity index (χ0n) is 14.3. The topological polar surface area (TPSA) is 46.6 Å². The maximum atomic E-state index is 12.7. The van der Waals surface area contributed by atoms with E-state index in [0.717, 1.165) is 18.4 Å². The van der Waals surface area contributed by atoms with E-state index in [1.54, 1.807) is 22.7 Å². The van der Waals surface area contributed by atoms with E-state index in [2.05, 4.69) is 0 Å². The first kappa shape index (κ1) is 19.1. The van der Waals surface area contributed by atoms with Crippen molar-refractivity contribution in [2.75, 3.05) is 5.75 Å². The van der Waals surface area contributed by atoms with Crippen molar-refractivity contribution in [1.29, 1.82) is 0 Å². The van der Waals surface area contributed by atoms with E-state index in [1.165, 1.54) is 0 Å². The number of hydrogen-bond acceptors (Lipinski definition) is 4. The van der Waals surface area contributed by atoms with Gasteiger partial charge in [-0.2, -0.15) is 0 Å². The fourth-order valence-corrected chi connectivity index (χ4v) is 4.30. The molecule has 0 spiro atoms. The highest BCUT2D eigenvalue weighted by Gasteiger charge is 2.43. The van der Waals surface area contributed by atoms with Gasteiger partial charge in [-0.15, -0.1) is 11.8 Å². The highest BCUT2D eigenvalue weighted by Crippen LogP contribution is 2.42. The van der Waals surface area contributed by atoms with Gasteiger partial charge in [0.15, 0.2) is 0 Å². The van der Waals surface area contributed by atoms with Gasteiger partial charge in [0.2, 0.25) is 5.91 Å². The van der Waals surface area contributed by atoms with Crippen molar-refractivity contribution in [3.05, 3.63) is 34.9 Å². The van der Waals surface area contributed by atoms with Crippen LogP contribution < -0.4 is 0 Å². The molecule has 0 saturated carbocycles. The summed E-state index contributed by atoms with van der Waals surface area (Å²) >= 11 is 7.68. The number of carbonyl (C=O) groups is 2. The maximum absolute atomic E-state index is 12.7. The lowest BCUT2D eigenvalue weighted by molar-refractivity contribution is -0.157. The van der Waals surface area contributed by atoms with E-state index in [4.69, 9.17) is 16.3 Å². The SMILES string of the molecule is CCCCC(=O)N1C(C(=O)OC(C)C)CSC1c1cccc(Cl)c1. The summed E-state index contributed by atoms with van der Waals surface area (Å²) in [6.07, 6.45) is 2.00. The zero-order chi connectivity index (χ0) is 17.7. The standard InChI is InChI=1S/C18H24ClNO3S/c1-4-5-9-16(21)20-15(18(22)23-12(2)3)11-24-17(20)13-7-6-8-14(19)10-13/h6-8,10,12,15,17H,4-5,9,11H2,1-3H3. The van der Waals surface area contributed by atoms with Crippen LogP contribution >= 0.6 is 23.4 Å². The fraction of sp³-hybridized carbons (Fsp3) is 0.556. The monoisotopic (exact) mass is 369 g/mol. The molecule has 0 bridgehead atoms. The van der Waals surface area contributed by atoms with Gasteiger partial charge in [-0.3, -0.25) is 4.79 Å². The average molecular weight is 370 g/mol. The van der Waals surface area contributed by atoms with Gasteiger partial charge in [-0.05, 0) is 38.0 Å². The molecular weight excluding hydrogens is 346 g/mol. The minimum absolute atomic E-state index is 0.00229. The van der Waals surface area contributed by atoms with Crippen LogP contribution in [-0.2, 0) is 14.3 Å². The van der Waals surface area contributed by atoms with Crippen LogP contribution in [0.5, 0.6) is 0 Å². The van der Waals surface area contributed by atoms with Gasteiger partial charge in [0.05, 0.1) is 6.10 Å². The third-order valence-corrected chi connectivity index (χ3v) is 5.35. The van der Waals surface area contributed by atoms with Crippen molar-refractivity contribution >= 4 is 35.2 Å². The molecule has 2 atom stereocenters. The third kappa shape index (κ3) is 4.67.